The third-order valence-corrected chi connectivity index (χ3v) is 4.22. The van der Waals surface area contributed by atoms with Gasteiger partial charge < -0.3 is 5.32 Å². The van der Waals surface area contributed by atoms with E-state index in [2.05, 4.69) is 26.1 Å². The van der Waals surface area contributed by atoms with Gasteiger partial charge in [0.2, 0.25) is 0 Å². The van der Waals surface area contributed by atoms with Crippen molar-refractivity contribution >= 4 is 21.6 Å². The zero-order valence-corrected chi connectivity index (χ0v) is 13.2. The maximum absolute atomic E-state index is 10.9. The van der Waals surface area contributed by atoms with Crippen molar-refractivity contribution in [1.29, 1.82) is 0 Å². The van der Waals surface area contributed by atoms with E-state index in [-0.39, 0.29) is 10.6 Å². The van der Waals surface area contributed by atoms with Crippen LogP contribution in [0.4, 0.5) is 5.69 Å². The summed E-state index contributed by atoms with van der Waals surface area (Å²) in [6, 6.07) is 5.18. The SMILES string of the molecule is CNCC1CCN(Cc2cc(Br)cc([N+](=O)[O-])c2)CC1. The van der Waals surface area contributed by atoms with Gasteiger partial charge in [-0.25, -0.2) is 0 Å². The third kappa shape index (κ3) is 4.26. The Balaban J connectivity index is 1.96. The lowest BCUT2D eigenvalue weighted by Crippen LogP contribution is -2.36. The van der Waals surface area contributed by atoms with Gasteiger partial charge in [0.15, 0.2) is 0 Å². The third-order valence-electron chi connectivity index (χ3n) is 3.76. The van der Waals surface area contributed by atoms with Crippen molar-refractivity contribution in [3.63, 3.8) is 0 Å². The molecule has 1 aromatic rings. The largest absolute Gasteiger partial charge is 0.319 e. The molecule has 1 saturated heterocycles. The highest BCUT2D eigenvalue weighted by Gasteiger charge is 2.19. The van der Waals surface area contributed by atoms with E-state index in [9.17, 15) is 10.1 Å². The highest BCUT2D eigenvalue weighted by Crippen LogP contribution is 2.24. The molecule has 0 aromatic heterocycles. The summed E-state index contributed by atoms with van der Waals surface area (Å²) < 4.78 is 0.770. The number of nitro benzene ring substituents is 1. The maximum atomic E-state index is 10.9. The number of halogens is 1. The molecular weight excluding hydrogens is 322 g/mol. The van der Waals surface area contributed by atoms with E-state index in [0.29, 0.717) is 0 Å². The fraction of sp³-hybridized carbons (Fsp3) is 0.571. The molecule has 1 aromatic carbocycles. The molecule has 1 N–H and O–H groups in total. The second-order valence-electron chi connectivity index (χ2n) is 5.35. The topological polar surface area (TPSA) is 58.4 Å². The van der Waals surface area contributed by atoms with Crippen LogP contribution in [0.5, 0.6) is 0 Å². The second-order valence-corrected chi connectivity index (χ2v) is 6.27. The molecule has 1 aliphatic heterocycles. The molecule has 0 spiro atoms. The van der Waals surface area contributed by atoms with Crippen LogP contribution in [0.25, 0.3) is 0 Å². The van der Waals surface area contributed by atoms with Crippen molar-refractivity contribution in [2.45, 2.75) is 19.4 Å². The van der Waals surface area contributed by atoms with Gasteiger partial charge in [0.05, 0.1) is 4.92 Å². The van der Waals surface area contributed by atoms with E-state index in [4.69, 9.17) is 0 Å². The van der Waals surface area contributed by atoms with Gasteiger partial charge in [0.1, 0.15) is 0 Å². The molecule has 1 fully saturated rings. The Kier molecular flexibility index (Phi) is 5.51. The van der Waals surface area contributed by atoms with Gasteiger partial charge >= 0.3 is 0 Å². The van der Waals surface area contributed by atoms with Gasteiger partial charge in [0.25, 0.3) is 5.69 Å². The highest BCUT2D eigenvalue weighted by molar-refractivity contribution is 9.10. The van der Waals surface area contributed by atoms with E-state index in [1.807, 2.05) is 13.1 Å². The molecular formula is C14H20BrN3O2. The van der Waals surface area contributed by atoms with Gasteiger partial charge in [-0.1, -0.05) is 15.9 Å². The van der Waals surface area contributed by atoms with Gasteiger partial charge in [-0.2, -0.15) is 0 Å². The number of nitrogens with one attached hydrogen (secondary N) is 1. The summed E-state index contributed by atoms with van der Waals surface area (Å²) in [6.07, 6.45) is 2.38. The number of nitro groups is 1. The molecule has 20 heavy (non-hydrogen) atoms. The van der Waals surface area contributed by atoms with Gasteiger partial charge in [-0.05, 0) is 57.1 Å². The Bertz CT molecular complexity index is 473. The first-order chi connectivity index (χ1) is 9.58. The molecule has 0 aliphatic carbocycles. The first-order valence-electron chi connectivity index (χ1n) is 6.89. The Morgan fingerprint density at radius 2 is 2.10 bits per heavy atom. The van der Waals surface area contributed by atoms with Gasteiger partial charge in [-0.15, -0.1) is 0 Å². The standard InChI is InChI=1S/C14H20BrN3O2/c1-16-9-11-2-4-17(5-3-11)10-12-6-13(15)8-14(7-12)18(19)20/h6-8,11,16H,2-5,9-10H2,1H3. The van der Waals surface area contributed by atoms with Crippen LogP contribution in [0.3, 0.4) is 0 Å². The fourth-order valence-corrected chi connectivity index (χ4v) is 3.25. The average Bonchev–Trinajstić information content (AvgIpc) is 2.40. The Hall–Kier alpha value is -0.980. The van der Waals surface area contributed by atoms with Crippen molar-refractivity contribution in [3.05, 3.63) is 38.3 Å². The van der Waals surface area contributed by atoms with Crippen molar-refractivity contribution < 1.29 is 4.92 Å². The fourth-order valence-electron chi connectivity index (χ4n) is 2.73. The lowest BCUT2D eigenvalue weighted by Gasteiger charge is -2.31. The molecule has 0 radical (unpaired) electrons. The first kappa shape index (κ1) is 15.4. The molecule has 0 unspecified atom stereocenters. The number of likely N-dealkylation sites (tertiary alicyclic amines) is 1. The monoisotopic (exact) mass is 341 g/mol. The summed E-state index contributed by atoms with van der Waals surface area (Å²) in [5.74, 6) is 0.757. The molecule has 0 saturated carbocycles. The molecule has 0 atom stereocenters. The smallest absolute Gasteiger partial charge is 0.270 e. The van der Waals surface area contributed by atoms with E-state index in [1.165, 1.54) is 12.8 Å². The van der Waals surface area contributed by atoms with Crippen LogP contribution < -0.4 is 5.32 Å². The number of rotatable bonds is 5. The number of hydrogen-bond acceptors (Lipinski definition) is 4. The normalized spacial score (nSPS) is 17.3. The van der Waals surface area contributed by atoms with E-state index in [0.717, 1.165) is 42.1 Å². The van der Waals surface area contributed by atoms with Gasteiger partial charge in [0, 0.05) is 23.2 Å². The predicted octanol–water partition coefficient (Wildman–Crippen LogP) is 2.79. The van der Waals surface area contributed by atoms with Crippen LogP contribution >= 0.6 is 15.9 Å². The molecule has 0 bridgehead atoms. The average molecular weight is 342 g/mol. The first-order valence-corrected chi connectivity index (χ1v) is 7.68. The number of hydrogen-bond donors (Lipinski definition) is 1. The predicted molar refractivity (Wildman–Crippen MR) is 82.7 cm³/mol. The van der Waals surface area contributed by atoms with Crippen molar-refractivity contribution in [2.24, 2.45) is 5.92 Å². The van der Waals surface area contributed by atoms with Gasteiger partial charge in [-0.3, -0.25) is 15.0 Å². The Morgan fingerprint density at radius 1 is 1.40 bits per heavy atom. The van der Waals surface area contributed by atoms with Crippen LogP contribution in [0.15, 0.2) is 22.7 Å². The zero-order valence-electron chi connectivity index (χ0n) is 11.6. The van der Waals surface area contributed by atoms with E-state index < -0.39 is 0 Å². The Labute approximate surface area is 127 Å². The Morgan fingerprint density at radius 3 is 2.70 bits per heavy atom. The summed E-state index contributed by atoms with van der Waals surface area (Å²) in [5, 5.41) is 14.1. The summed E-state index contributed by atoms with van der Waals surface area (Å²) in [7, 11) is 1.99. The van der Waals surface area contributed by atoms with Crippen molar-refractivity contribution in [3.8, 4) is 0 Å². The minimum absolute atomic E-state index is 0.152. The highest BCUT2D eigenvalue weighted by atomic mass is 79.9. The van der Waals surface area contributed by atoms with Crippen molar-refractivity contribution in [2.75, 3.05) is 26.7 Å². The molecule has 110 valence electrons. The lowest BCUT2D eigenvalue weighted by molar-refractivity contribution is -0.385. The van der Waals surface area contributed by atoms with Crippen LogP contribution in [0, 0.1) is 16.0 Å². The van der Waals surface area contributed by atoms with Crippen LogP contribution in [-0.2, 0) is 6.54 Å². The van der Waals surface area contributed by atoms with Crippen LogP contribution in [0.2, 0.25) is 0 Å². The molecule has 1 aliphatic rings. The lowest BCUT2D eigenvalue weighted by atomic mass is 9.96. The quantitative estimate of drug-likeness (QED) is 0.660. The number of nitrogens with zero attached hydrogens (tertiary/aromatic N) is 2. The summed E-state index contributed by atoms with van der Waals surface area (Å²) >= 11 is 3.34. The van der Waals surface area contributed by atoms with E-state index in [1.54, 1.807) is 12.1 Å². The molecule has 0 amide bonds. The zero-order chi connectivity index (χ0) is 14.5. The number of non-ortho nitro benzene ring substituents is 1. The summed E-state index contributed by atoms with van der Waals surface area (Å²) in [5.41, 5.74) is 1.15. The molecule has 1 heterocycles. The second kappa shape index (κ2) is 7.15. The summed E-state index contributed by atoms with van der Waals surface area (Å²) in [6.45, 7) is 3.99. The summed E-state index contributed by atoms with van der Waals surface area (Å²) in [4.78, 5) is 12.9. The number of piperidine rings is 1. The van der Waals surface area contributed by atoms with Crippen LogP contribution in [0.1, 0.15) is 18.4 Å². The van der Waals surface area contributed by atoms with E-state index >= 15 is 0 Å². The van der Waals surface area contributed by atoms with Crippen molar-refractivity contribution in [1.82, 2.24) is 10.2 Å². The number of benzene rings is 1. The molecule has 6 heteroatoms. The minimum Gasteiger partial charge on any atom is -0.319 e. The molecule has 5 nitrogen and oxygen atoms in total. The minimum atomic E-state index is -0.340. The maximum Gasteiger partial charge on any atom is 0.270 e. The molecule has 2 rings (SSSR count). The van der Waals surface area contributed by atoms with Crippen LogP contribution in [-0.4, -0.2) is 36.5 Å².